The van der Waals surface area contributed by atoms with Crippen molar-refractivity contribution in [1.82, 2.24) is 15.4 Å². The van der Waals surface area contributed by atoms with Gasteiger partial charge in [-0.25, -0.2) is 0 Å². The van der Waals surface area contributed by atoms with E-state index < -0.39 is 0 Å². The molecule has 0 fully saturated rings. The molecule has 32 heavy (non-hydrogen) atoms. The van der Waals surface area contributed by atoms with Crippen molar-refractivity contribution in [2.45, 2.75) is 33.4 Å². The lowest BCUT2D eigenvalue weighted by molar-refractivity contribution is 0.0726. The summed E-state index contributed by atoms with van der Waals surface area (Å²) in [6.45, 7) is 5.29. The Labute approximate surface area is 186 Å². The minimum atomic E-state index is -0.329. The monoisotopic (exact) mass is 435 g/mol. The highest BCUT2D eigenvalue weighted by molar-refractivity contribution is 5.95. The molecule has 166 valence electrons. The van der Waals surface area contributed by atoms with Crippen molar-refractivity contribution in [2.75, 3.05) is 13.3 Å². The molecule has 1 aliphatic rings. The van der Waals surface area contributed by atoms with Crippen LogP contribution in [0.2, 0.25) is 0 Å². The van der Waals surface area contributed by atoms with E-state index in [2.05, 4.69) is 10.5 Å². The summed E-state index contributed by atoms with van der Waals surface area (Å²) >= 11 is 0. The first-order valence-electron chi connectivity index (χ1n) is 10.5. The molecule has 1 aliphatic heterocycles. The molecular formula is C24H25N3O5. The second-order valence-corrected chi connectivity index (χ2v) is 7.64. The van der Waals surface area contributed by atoms with Crippen molar-refractivity contribution in [3.05, 3.63) is 76.7 Å². The third-order valence-corrected chi connectivity index (χ3v) is 5.11. The molecule has 1 aromatic heterocycles. The van der Waals surface area contributed by atoms with Gasteiger partial charge >= 0.3 is 0 Å². The first-order chi connectivity index (χ1) is 15.5. The number of nitrogens with one attached hydrogen (secondary N) is 1. The smallest absolute Gasteiger partial charge is 0.273 e. The van der Waals surface area contributed by atoms with Crippen LogP contribution in [0.4, 0.5) is 0 Å². The van der Waals surface area contributed by atoms with Gasteiger partial charge < -0.3 is 24.2 Å². The van der Waals surface area contributed by atoms with E-state index in [4.69, 9.17) is 14.0 Å². The number of nitrogens with zero attached hydrogens (tertiary/aromatic N) is 2. The molecule has 2 aromatic carbocycles. The summed E-state index contributed by atoms with van der Waals surface area (Å²) < 4.78 is 16.0. The highest BCUT2D eigenvalue weighted by atomic mass is 16.7. The highest BCUT2D eigenvalue weighted by Crippen LogP contribution is 2.33. The largest absolute Gasteiger partial charge is 0.454 e. The average Bonchev–Trinajstić information content (AvgIpc) is 3.47. The average molecular weight is 435 g/mol. The fourth-order valence-corrected chi connectivity index (χ4v) is 3.40. The Bertz CT molecular complexity index is 1110. The molecule has 8 nitrogen and oxygen atoms in total. The van der Waals surface area contributed by atoms with Crippen LogP contribution in [0.5, 0.6) is 11.5 Å². The Balaban J connectivity index is 1.40. The predicted molar refractivity (Wildman–Crippen MR) is 116 cm³/mol. The number of benzene rings is 2. The van der Waals surface area contributed by atoms with Crippen LogP contribution in [0, 0.1) is 6.92 Å². The number of aromatic nitrogens is 1. The summed E-state index contributed by atoms with van der Waals surface area (Å²) in [6.07, 6.45) is 0.772. The maximum atomic E-state index is 13.1. The van der Waals surface area contributed by atoms with E-state index in [9.17, 15) is 9.59 Å². The molecule has 4 rings (SSSR count). The first-order valence-corrected chi connectivity index (χ1v) is 10.5. The zero-order chi connectivity index (χ0) is 22.5. The number of hydrogen-bond donors (Lipinski definition) is 1. The van der Waals surface area contributed by atoms with E-state index in [-0.39, 0.29) is 30.8 Å². The van der Waals surface area contributed by atoms with Gasteiger partial charge in [0.25, 0.3) is 11.8 Å². The van der Waals surface area contributed by atoms with Gasteiger partial charge in [0.2, 0.25) is 6.79 Å². The molecule has 0 unspecified atom stereocenters. The summed E-state index contributed by atoms with van der Waals surface area (Å²) in [4.78, 5) is 27.1. The minimum Gasteiger partial charge on any atom is -0.454 e. The molecule has 8 heteroatoms. The van der Waals surface area contributed by atoms with Crippen molar-refractivity contribution >= 4 is 11.8 Å². The highest BCUT2D eigenvalue weighted by Gasteiger charge is 2.22. The number of hydrogen-bond acceptors (Lipinski definition) is 6. The zero-order valence-corrected chi connectivity index (χ0v) is 18.1. The molecule has 2 heterocycles. The number of fused-ring (bicyclic) bond motifs is 1. The van der Waals surface area contributed by atoms with Crippen molar-refractivity contribution in [3.8, 4) is 11.5 Å². The number of carbonyl (C=O) groups is 2. The number of rotatable bonds is 8. The van der Waals surface area contributed by atoms with E-state index >= 15 is 0 Å². The number of ether oxygens (including phenoxy) is 2. The third-order valence-electron chi connectivity index (χ3n) is 5.11. The molecule has 3 aromatic rings. The van der Waals surface area contributed by atoms with E-state index in [0.29, 0.717) is 35.9 Å². The number of amides is 2. The second kappa shape index (κ2) is 9.55. The molecule has 0 aliphatic carbocycles. The SMILES string of the molecule is CCCN(Cc1cc(C(=O)NCc2ccc(C)cc2)no1)C(=O)c1ccc2c(c1)OCO2. The Morgan fingerprint density at radius 1 is 1.06 bits per heavy atom. The van der Waals surface area contributed by atoms with Crippen LogP contribution < -0.4 is 14.8 Å². The van der Waals surface area contributed by atoms with Gasteiger partial charge in [-0.2, -0.15) is 0 Å². The van der Waals surface area contributed by atoms with Gasteiger partial charge in [0.05, 0.1) is 6.54 Å². The van der Waals surface area contributed by atoms with Gasteiger partial charge in [0, 0.05) is 24.7 Å². The van der Waals surface area contributed by atoms with Crippen LogP contribution in [0.15, 0.2) is 53.1 Å². The lowest BCUT2D eigenvalue weighted by Gasteiger charge is -2.20. The van der Waals surface area contributed by atoms with E-state index in [1.54, 1.807) is 29.2 Å². The molecule has 0 saturated carbocycles. The molecule has 1 N–H and O–H groups in total. The molecule has 2 amide bonds. The van der Waals surface area contributed by atoms with E-state index in [1.807, 2.05) is 38.1 Å². The fraction of sp³-hybridized carbons (Fsp3) is 0.292. The summed E-state index contributed by atoms with van der Waals surface area (Å²) in [5.41, 5.74) is 2.83. The lowest BCUT2D eigenvalue weighted by atomic mass is 10.1. The van der Waals surface area contributed by atoms with Crippen molar-refractivity contribution in [3.63, 3.8) is 0 Å². The Morgan fingerprint density at radius 2 is 1.84 bits per heavy atom. The summed E-state index contributed by atoms with van der Waals surface area (Å²) in [6, 6.07) is 14.6. The van der Waals surface area contributed by atoms with Crippen molar-refractivity contribution in [1.29, 1.82) is 0 Å². The van der Waals surface area contributed by atoms with Crippen LogP contribution in [-0.2, 0) is 13.1 Å². The molecule has 0 spiro atoms. The van der Waals surface area contributed by atoms with Crippen LogP contribution in [0.3, 0.4) is 0 Å². The van der Waals surface area contributed by atoms with E-state index in [1.165, 1.54) is 0 Å². The van der Waals surface area contributed by atoms with Gasteiger partial charge in [-0.3, -0.25) is 9.59 Å². The van der Waals surface area contributed by atoms with Gasteiger partial charge in [-0.15, -0.1) is 0 Å². The van der Waals surface area contributed by atoms with Gasteiger partial charge in [0.15, 0.2) is 23.0 Å². The minimum absolute atomic E-state index is 0.151. The number of carbonyl (C=O) groups excluding carboxylic acids is 2. The maximum absolute atomic E-state index is 13.1. The Kier molecular flexibility index (Phi) is 6.39. The molecular weight excluding hydrogens is 410 g/mol. The summed E-state index contributed by atoms with van der Waals surface area (Å²) in [5, 5.41) is 6.70. The molecule has 0 radical (unpaired) electrons. The maximum Gasteiger partial charge on any atom is 0.273 e. The molecule has 0 saturated heterocycles. The standard InChI is InChI=1S/C24H25N3O5/c1-3-10-27(24(29)18-8-9-21-22(11-18)31-15-30-21)14-19-12-20(26-32-19)23(28)25-13-17-6-4-16(2)5-7-17/h4-9,11-12H,3,10,13-15H2,1-2H3,(H,25,28). The van der Waals surface area contributed by atoms with Crippen LogP contribution >= 0.6 is 0 Å². The van der Waals surface area contributed by atoms with Crippen molar-refractivity contribution < 1.29 is 23.6 Å². The Morgan fingerprint density at radius 3 is 2.62 bits per heavy atom. The van der Waals surface area contributed by atoms with E-state index in [0.717, 1.165) is 17.5 Å². The summed E-state index contributed by atoms with van der Waals surface area (Å²) in [5.74, 6) is 1.13. The van der Waals surface area contributed by atoms with Crippen molar-refractivity contribution in [2.24, 2.45) is 0 Å². The van der Waals surface area contributed by atoms with Crippen LogP contribution in [0.25, 0.3) is 0 Å². The van der Waals surface area contributed by atoms with Gasteiger partial charge in [-0.05, 0) is 37.1 Å². The fourth-order valence-electron chi connectivity index (χ4n) is 3.40. The number of aryl methyl sites for hydroxylation is 1. The van der Waals surface area contributed by atoms with Gasteiger partial charge in [-0.1, -0.05) is 41.9 Å². The van der Waals surface area contributed by atoms with Gasteiger partial charge in [0.1, 0.15) is 0 Å². The first kappa shape index (κ1) is 21.4. The predicted octanol–water partition coefficient (Wildman–Crippen LogP) is 3.69. The second-order valence-electron chi connectivity index (χ2n) is 7.64. The van der Waals surface area contributed by atoms with Crippen LogP contribution in [-0.4, -0.2) is 35.2 Å². The quantitative estimate of drug-likeness (QED) is 0.580. The molecule has 0 bridgehead atoms. The Hall–Kier alpha value is -3.81. The zero-order valence-electron chi connectivity index (χ0n) is 18.1. The lowest BCUT2D eigenvalue weighted by Crippen LogP contribution is -2.31. The normalized spacial score (nSPS) is 11.9. The topological polar surface area (TPSA) is 93.9 Å². The van der Waals surface area contributed by atoms with Crippen LogP contribution in [0.1, 0.15) is 51.1 Å². The summed E-state index contributed by atoms with van der Waals surface area (Å²) in [7, 11) is 0. The third kappa shape index (κ3) is 4.91. The molecule has 0 atom stereocenters.